The van der Waals surface area contributed by atoms with Crippen molar-refractivity contribution in [3.63, 3.8) is 0 Å². The van der Waals surface area contributed by atoms with Crippen molar-refractivity contribution in [1.82, 2.24) is 9.80 Å². The lowest BCUT2D eigenvalue weighted by Crippen LogP contribution is -2.40. The monoisotopic (exact) mass is 396 g/mol. The molecule has 0 aromatic rings. The van der Waals surface area contributed by atoms with Gasteiger partial charge >= 0.3 is 0 Å². The smallest absolute Gasteiger partial charge is 0.225 e. The summed E-state index contributed by atoms with van der Waals surface area (Å²) in [5.74, 6) is -0.0127. The Morgan fingerprint density at radius 1 is 0.714 bits per heavy atom. The first kappa shape index (κ1) is 22.5. The molecule has 0 unspecified atom stereocenters. The number of hydrogen-bond donors (Lipinski definition) is 0. The van der Waals surface area contributed by atoms with Gasteiger partial charge < -0.3 is 19.3 Å². The van der Waals surface area contributed by atoms with Crippen LogP contribution >= 0.6 is 0 Å². The number of likely N-dealkylation sites (tertiary alicyclic amines) is 2. The van der Waals surface area contributed by atoms with Crippen molar-refractivity contribution in [3.8, 4) is 0 Å². The normalized spacial score (nSPS) is 21.9. The fourth-order valence-electron chi connectivity index (χ4n) is 3.90. The minimum absolute atomic E-state index is 0.0401. The highest BCUT2D eigenvalue weighted by molar-refractivity contribution is 5.88. The Morgan fingerprint density at radius 2 is 1.11 bits per heavy atom. The summed E-state index contributed by atoms with van der Waals surface area (Å²) in [4.78, 5) is 50.7. The average Bonchev–Trinajstić information content (AvgIpc) is 3.32. The van der Waals surface area contributed by atoms with Gasteiger partial charge in [0.25, 0.3) is 0 Å². The van der Waals surface area contributed by atoms with Gasteiger partial charge in [0.1, 0.15) is 0 Å². The van der Waals surface area contributed by atoms with Crippen LogP contribution in [0.1, 0.15) is 52.4 Å². The van der Waals surface area contributed by atoms with Crippen LogP contribution in [0.15, 0.2) is 0 Å². The average molecular weight is 396 g/mol. The molecule has 2 aliphatic heterocycles. The second-order valence-corrected chi connectivity index (χ2v) is 7.44. The van der Waals surface area contributed by atoms with Crippen LogP contribution < -0.4 is 0 Å². The van der Waals surface area contributed by atoms with Crippen molar-refractivity contribution < 1.29 is 28.7 Å². The molecule has 2 fully saturated rings. The highest BCUT2D eigenvalue weighted by Crippen LogP contribution is 2.19. The molecule has 8 heteroatoms. The van der Waals surface area contributed by atoms with E-state index in [1.807, 2.05) is 0 Å². The molecule has 0 radical (unpaired) electrons. The minimum Gasteiger partial charge on any atom is -0.379 e. The molecule has 158 valence electrons. The van der Waals surface area contributed by atoms with E-state index in [1.54, 1.807) is 9.80 Å². The summed E-state index contributed by atoms with van der Waals surface area (Å²) in [6, 6.07) is -0.543. The van der Waals surface area contributed by atoms with E-state index in [4.69, 9.17) is 9.47 Å². The summed E-state index contributed by atoms with van der Waals surface area (Å²) in [6.07, 6.45) is 3.74. The Labute approximate surface area is 166 Å². The maximum atomic E-state index is 12.2. The Bertz CT molecular complexity index is 529. The number of nitrogens with zero attached hydrogens (tertiary/aromatic N) is 2. The lowest BCUT2D eigenvalue weighted by molar-refractivity contribution is -0.138. The van der Waals surface area contributed by atoms with Crippen LogP contribution in [0.5, 0.6) is 0 Å². The van der Waals surface area contributed by atoms with E-state index in [0.29, 0.717) is 26.3 Å². The molecule has 0 aromatic heterocycles. The van der Waals surface area contributed by atoms with Crippen molar-refractivity contribution in [3.05, 3.63) is 0 Å². The third kappa shape index (κ3) is 6.38. The lowest BCUT2D eigenvalue weighted by atomic mass is 10.1. The molecule has 2 atom stereocenters. The third-order valence-corrected chi connectivity index (χ3v) is 5.38. The molecule has 2 heterocycles. The molecular formula is C20H32N2O6. The first-order chi connectivity index (χ1) is 13.4. The largest absolute Gasteiger partial charge is 0.379 e. The molecule has 2 rings (SSSR count). The summed E-state index contributed by atoms with van der Waals surface area (Å²) >= 11 is 0. The predicted molar refractivity (Wildman–Crippen MR) is 102 cm³/mol. The van der Waals surface area contributed by atoms with E-state index < -0.39 is 0 Å². The number of Topliss-reactive ketones (excluding diaryl/α,β-unsaturated/α-hetero) is 2. The molecule has 0 aliphatic carbocycles. The highest BCUT2D eigenvalue weighted by atomic mass is 16.5. The van der Waals surface area contributed by atoms with E-state index in [2.05, 4.69) is 0 Å². The standard InChI is InChI=1S/C20H32N2O6/c1-15(23)17-5-3-9-21(17)19(25)7-11-27-13-14-28-12-8-20(26)22-10-4-6-18(22)16(2)24/h17-18H,3-14H2,1-2H3/t17-,18-/m0/s1. The lowest BCUT2D eigenvalue weighted by Gasteiger charge is -2.22. The number of carbonyl (C=O) groups is 4. The van der Waals surface area contributed by atoms with Gasteiger partial charge in [-0.05, 0) is 39.5 Å². The van der Waals surface area contributed by atoms with E-state index >= 15 is 0 Å². The van der Waals surface area contributed by atoms with E-state index in [1.165, 1.54) is 13.8 Å². The fraction of sp³-hybridized carbons (Fsp3) is 0.800. The zero-order valence-electron chi connectivity index (χ0n) is 17.0. The quantitative estimate of drug-likeness (QED) is 0.483. The minimum atomic E-state index is -0.272. The van der Waals surface area contributed by atoms with Crippen molar-refractivity contribution in [2.75, 3.05) is 39.5 Å². The fourth-order valence-corrected chi connectivity index (χ4v) is 3.90. The number of hydrogen-bond acceptors (Lipinski definition) is 6. The van der Waals surface area contributed by atoms with Gasteiger partial charge in [0, 0.05) is 13.1 Å². The number of rotatable bonds is 11. The van der Waals surface area contributed by atoms with Gasteiger partial charge in [0.2, 0.25) is 11.8 Å². The maximum Gasteiger partial charge on any atom is 0.225 e. The molecule has 0 N–H and O–H groups in total. The highest BCUT2D eigenvalue weighted by Gasteiger charge is 2.32. The van der Waals surface area contributed by atoms with Gasteiger partial charge in [-0.15, -0.1) is 0 Å². The topological polar surface area (TPSA) is 93.2 Å². The summed E-state index contributed by atoms with van der Waals surface area (Å²) in [6.45, 7) is 5.60. The maximum absolute atomic E-state index is 12.2. The van der Waals surface area contributed by atoms with Gasteiger partial charge in [-0.1, -0.05) is 0 Å². The molecule has 8 nitrogen and oxygen atoms in total. The third-order valence-electron chi connectivity index (χ3n) is 5.38. The zero-order chi connectivity index (χ0) is 20.5. The Kier molecular flexibility index (Phi) is 9.05. The van der Waals surface area contributed by atoms with Gasteiger partial charge in [-0.25, -0.2) is 0 Å². The van der Waals surface area contributed by atoms with Crippen LogP contribution in [0.4, 0.5) is 0 Å². The SMILES string of the molecule is CC(=O)[C@@H]1CCCN1C(=O)CCOCCOCCC(=O)N1CCC[C@H]1C(C)=O. The summed E-state index contributed by atoms with van der Waals surface area (Å²) in [5.41, 5.74) is 0. The second kappa shape index (κ2) is 11.3. The van der Waals surface area contributed by atoms with Crippen LogP contribution in [0.2, 0.25) is 0 Å². The first-order valence-electron chi connectivity index (χ1n) is 10.2. The Balaban J connectivity index is 1.51. The van der Waals surface area contributed by atoms with Crippen molar-refractivity contribution in [2.24, 2.45) is 0 Å². The van der Waals surface area contributed by atoms with E-state index in [-0.39, 0.29) is 61.5 Å². The van der Waals surface area contributed by atoms with Gasteiger partial charge in [-0.3, -0.25) is 19.2 Å². The van der Waals surface area contributed by atoms with Crippen molar-refractivity contribution in [2.45, 2.75) is 64.5 Å². The molecule has 2 saturated heterocycles. The van der Waals surface area contributed by atoms with Crippen molar-refractivity contribution >= 4 is 23.4 Å². The Hall–Kier alpha value is -1.80. The van der Waals surface area contributed by atoms with Crippen LogP contribution in [-0.4, -0.2) is 84.8 Å². The summed E-state index contributed by atoms with van der Waals surface area (Å²) in [5, 5.41) is 0. The zero-order valence-corrected chi connectivity index (χ0v) is 17.0. The molecule has 0 spiro atoms. The van der Waals surface area contributed by atoms with Crippen LogP contribution in [0, 0.1) is 0 Å². The number of amides is 2. The molecular weight excluding hydrogens is 364 g/mol. The molecule has 0 bridgehead atoms. The number of carbonyl (C=O) groups excluding carboxylic acids is 4. The number of ketones is 2. The van der Waals surface area contributed by atoms with Gasteiger partial charge in [0.15, 0.2) is 11.6 Å². The first-order valence-corrected chi connectivity index (χ1v) is 10.2. The summed E-state index contributed by atoms with van der Waals surface area (Å²) in [7, 11) is 0. The molecule has 2 aliphatic rings. The molecule has 0 aromatic carbocycles. The van der Waals surface area contributed by atoms with E-state index in [9.17, 15) is 19.2 Å². The summed E-state index contributed by atoms with van der Waals surface area (Å²) < 4.78 is 10.8. The van der Waals surface area contributed by atoms with Gasteiger partial charge in [0.05, 0.1) is 51.4 Å². The predicted octanol–water partition coefficient (Wildman–Crippen LogP) is 0.960. The molecule has 28 heavy (non-hydrogen) atoms. The Morgan fingerprint density at radius 3 is 1.46 bits per heavy atom. The van der Waals surface area contributed by atoms with Crippen LogP contribution in [-0.2, 0) is 28.7 Å². The van der Waals surface area contributed by atoms with Crippen LogP contribution in [0.3, 0.4) is 0 Å². The van der Waals surface area contributed by atoms with E-state index in [0.717, 1.165) is 25.7 Å². The van der Waals surface area contributed by atoms with Gasteiger partial charge in [-0.2, -0.15) is 0 Å². The second-order valence-electron chi connectivity index (χ2n) is 7.44. The molecule has 0 saturated carbocycles. The van der Waals surface area contributed by atoms with Crippen LogP contribution in [0.25, 0.3) is 0 Å². The number of ether oxygens (including phenoxy) is 2. The van der Waals surface area contributed by atoms with Crippen molar-refractivity contribution in [1.29, 1.82) is 0 Å². The molecule has 2 amide bonds.